The van der Waals surface area contributed by atoms with Gasteiger partial charge in [-0.05, 0) is 24.6 Å². The van der Waals surface area contributed by atoms with E-state index >= 15 is 0 Å². The van der Waals surface area contributed by atoms with E-state index in [4.69, 9.17) is 18.9 Å². The summed E-state index contributed by atoms with van der Waals surface area (Å²) in [6.07, 6.45) is 0. The molecule has 0 unspecified atom stereocenters. The normalized spacial score (nSPS) is 14.1. The molecule has 7 nitrogen and oxygen atoms in total. The summed E-state index contributed by atoms with van der Waals surface area (Å²) >= 11 is 0. The fourth-order valence-corrected chi connectivity index (χ4v) is 2.30. The van der Waals surface area contributed by atoms with Gasteiger partial charge < -0.3 is 23.8 Å². The van der Waals surface area contributed by atoms with Crippen molar-refractivity contribution in [2.24, 2.45) is 0 Å². The Labute approximate surface area is 146 Å². The van der Waals surface area contributed by atoms with Crippen LogP contribution in [-0.2, 0) is 23.8 Å². The molecule has 0 atom stereocenters. The Kier molecular flexibility index (Phi) is 6.19. The van der Waals surface area contributed by atoms with Gasteiger partial charge in [0.1, 0.15) is 24.8 Å². The SMILES string of the molecule is C=C(C)COc1cccc(N2COCC(C(=O)OC)=C2C(=O)OC)c1. The molecule has 0 bridgehead atoms. The zero-order valence-corrected chi connectivity index (χ0v) is 14.5. The highest BCUT2D eigenvalue weighted by Crippen LogP contribution is 2.29. The average molecular weight is 347 g/mol. The molecule has 0 saturated carbocycles. The van der Waals surface area contributed by atoms with E-state index in [1.807, 2.05) is 6.92 Å². The van der Waals surface area contributed by atoms with E-state index in [2.05, 4.69) is 6.58 Å². The van der Waals surface area contributed by atoms with Crippen LogP contribution in [0, 0.1) is 0 Å². The third-order valence-electron chi connectivity index (χ3n) is 3.45. The number of hydrogen-bond acceptors (Lipinski definition) is 7. The standard InChI is InChI=1S/C18H21NO6/c1-12(2)9-25-14-7-5-6-13(8-14)19-11-24-10-15(17(20)22-3)16(19)18(21)23-4/h5-8H,1,9-11H2,2-4H3. The first-order valence-corrected chi connectivity index (χ1v) is 7.60. The fourth-order valence-electron chi connectivity index (χ4n) is 2.30. The molecule has 0 saturated heterocycles. The van der Waals surface area contributed by atoms with Crippen LogP contribution in [0.1, 0.15) is 6.92 Å². The summed E-state index contributed by atoms with van der Waals surface area (Å²) in [6.45, 7) is 6.10. The third kappa shape index (κ3) is 4.39. The number of ether oxygens (including phenoxy) is 4. The predicted molar refractivity (Wildman–Crippen MR) is 91.1 cm³/mol. The zero-order chi connectivity index (χ0) is 18.4. The number of carbonyl (C=O) groups excluding carboxylic acids is 2. The van der Waals surface area contributed by atoms with Crippen molar-refractivity contribution < 1.29 is 28.5 Å². The lowest BCUT2D eigenvalue weighted by Gasteiger charge is -2.31. The van der Waals surface area contributed by atoms with Gasteiger partial charge in [0.15, 0.2) is 0 Å². The lowest BCUT2D eigenvalue weighted by molar-refractivity contribution is -0.140. The van der Waals surface area contributed by atoms with Crippen molar-refractivity contribution in [1.29, 1.82) is 0 Å². The predicted octanol–water partition coefficient (Wildman–Crippen LogP) is 2.04. The van der Waals surface area contributed by atoms with Crippen LogP contribution in [0.3, 0.4) is 0 Å². The number of nitrogens with zero attached hydrogens (tertiary/aromatic N) is 1. The summed E-state index contributed by atoms with van der Waals surface area (Å²) in [6, 6.07) is 7.10. The summed E-state index contributed by atoms with van der Waals surface area (Å²) in [5, 5.41) is 0. The smallest absolute Gasteiger partial charge is 0.355 e. The largest absolute Gasteiger partial charge is 0.489 e. The maximum absolute atomic E-state index is 12.3. The van der Waals surface area contributed by atoms with Gasteiger partial charge in [0.25, 0.3) is 0 Å². The number of carbonyl (C=O) groups is 2. The first-order valence-electron chi connectivity index (χ1n) is 7.60. The van der Waals surface area contributed by atoms with Crippen LogP contribution >= 0.6 is 0 Å². The fraction of sp³-hybridized carbons (Fsp3) is 0.333. The average Bonchev–Trinajstić information content (AvgIpc) is 2.64. The van der Waals surface area contributed by atoms with Crippen LogP contribution in [-0.4, -0.2) is 46.1 Å². The molecule has 0 aromatic heterocycles. The number of methoxy groups -OCH3 is 2. The van der Waals surface area contributed by atoms with E-state index in [0.717, 1.165) is 5.57 Å². The van der Waals surface area contributed by atoms with Crippen molar-refractivity contribution in [2.45, 2.75) is 6.92 Å². The van der Waals surface area contributed by atoms with Crippen molar-refractivity contribution >= 4 is 17.6 Å². The second-order valence-electron chi connectivity index (χ2n) is 5.46. The third-order valence-corrected chi connectivity index (χ3v) is 3.45. The second-order valence-corrected chi connectivity index (χ2v) is 5.46. The molecule has 7 heteroatoms. The monoisotopic (exact) mass is 347 g/mol. The minimum atomic E-state index is -0.642. The van der Waals surface area contributed by atoms with Crippen LogP contribution in [0.5, 0.6) is 5.75 Å². The molecule has 134 valence electrons. The Morgan fingerprint density at radius 1 is 1.24 bits per heavy atom. The lowest BCUT2D eigenvalue weighted by atomic mass is 10.1. The van der Waals surface area contributed by atoms with Crippen molar-refractivity contribution in [3.05, 3.63) is 47.7 Å². The molecule has 0 fully saturated rings. The van der Waals surface area contributed by atoms with Crippen LogP contribution in [0.25, 0.3) is 0 Å². The molecule has 1 aliphatic rings. The molecule has 0 amide bonds. The molecule has 0 aliphatic carbocycles. The molecule has 0 spiro atoms. The van der Waals surface area contributed by atoms with Crippen molar-refractivity contribution in [2.75, 3.05) is 39.1 Å². The van der Waals surface area contributed by atoms with Crippen molar-refractivity contribution in [3.63, 3.8) is 0 Å². The quantitative estimate of drug-likeness (QED) is 0.576. The number of rotatable bonds is 6. The highest BCUT2D eigenvalue weighted by atomic mass is 16.5. The topological polar surface area (TPSA) is 74.3 Å². The number of anilines is 1. The molecule has 1 heterocycles. The van der Waals surface area contributed by atoms with Crippen molar-refractivity contribution in [3.8, 4) is 5.75 Å². The van der Waals surface area contributed by atoms with E-state index < -0.39 is 11.9 Å². The van der Waals surface area contributed by atoms with Gasteiger partial charge in [-0.15, -0.1) is 0 Å². The Morgan fingerprint density at radius 3 is 2.60 bits per heavy atom. The van der Waals surface area contributed by atoms with Gasteiger partial charge in [-0.25, -0.2) is 9.59 Å². The molecule has 1 aromatic rings. The maximum Gasteiger partial charge on any atom is 0.355 e. The number of benzene rings is 1. The van der Waals surface area contributed by atoms with Gasteiger partial charge in [0.05, 0.1) is 26.4 Å². The van der Waals surface area contributed by atoms with Crippen LogP contribution in [0.2, 0.25) is 0 Å². The summed E-state index contributed by atoms with van der Waals surface area (Å²) in [5.74, 6) is -0.674. The Hall–Kier alpha value is -2.80. The van der Waals surface area contributed by atoms with Gasteiger partial charge in [-0.1, -0.05) is 12.6 Å². The van der Waals surface area contributed by atoms with Gasteiger partial charge in [0.2, 0.25) is 0 Å². The highest BCUT2D eigenvalue weighted by Gasteiger charge is 2.32. The minimum Gasteiger partial charge on any atom is -0.489 e. The number of hydrogen-bond donors (Lipinski definition) is 0. The van der Waals surface area contributed by atoms with Crippen LogP contribution in [0.15, 0.2) is 47.7 Å². The minimum absolute atomic E-state index is 0.0283. The molecule has 0 N–H and O–H groups in total. The van der Waals surface area contributed by atoms with E-state index in [-0.39, 0.29) is 24.6 Å². The van der Waals surface area contributed by atoms with E-state index in [0.29, 0.717) is 18.0 Å². The summed E-state index contributed by atoms with van der Waals surface area (Å²) in [4.78, 5) is 25.8. The van der Waals surface area contributed by atoms with Crippen LogP contribution < -0.4 is 9.64 Å². The second kappa shape index (κ2) is 8.34. The first kappa shape index (κ1) is 18.5. The van der Waals surface area contributed by atoms with Gasteiger partial charge in [-0.2, -0.15) is 0 Å². The molecule has 25 heavy (non-hydrogen) atoms. The molecule has 1 aliphatic heterocycles. The van der Waals surface area contributed by atoms with Gasteiger partial charge >= 0.3 is 11.9 Å². The Morgan fingerprint density at radius 2 is 1.96 bits per heavy atom. The first-order chi connectivity index (χ1) is 12.0. The lowest BCUT2D eigenvalue weighted by Crippen LogP contribution is -2.38. The van der Waals surface area contributed by atoms with E-state index in [9.17, 15) is 9.59 Å². The van der Waals surface area contributed by atoms with Gasteiger partial charge in [0, 0.05) is 11.8 Å². The molecule has 2 rings (SSSR count). The highest BCUT2D eigenvalue weighted by molar-refractivity contribution is 6.03. The summed E-state index contributed by atoms with van der Waals surface area (Å²) in [5.41, 5.74) is 1.71. The molecular weight excluding hydrogens is 326 g/mol. The maximum atomic E-state index is 12.3. The Bertz CT molecular complexity index is 709. The zero-order valence-electron chi connectivity index (χ0n) is 14.5. The summed E-state index contributed by atoms with van der Waals surface area (Å²) in [7, 11) is 2.50. The molecule has 0 radical (unpaired) electrons. The van der Waals surface area contributed by atoms with E-state index in [1.165, 1.54) is 14.2 Å². The number of esters is 2. The van der Waals surface area contributed by atoms with Gasteiger partial charge in [-0.3, -0.25) is 0 Å². The van der Waals surface area contributed by atoms with Crippen molar-refractivity contribution in [1.82, 2.24) is 0 Å². The van der Waals surface area contributed by atoms with E-state index in [1.54, 1.807) is 29.2 Å². The summed E-state index contributed by atoms with van der Waals surface area (Å²) < 4.78 is 20.6. The molecular formula is C18H21NO6. The molecule has 1 aromatic carbocycles. The van der Waals surface area contributed by atoms with Crippen LogP contribution in [0.4, 0.5) is 5.69 Å². The Balaban J connectivity index is 2.41.